The number of anilines is 2. The Morgan fingerprint density at radius 1 is 1.24 bits per heavy atom. The van der Waals surface area contributed by atoms with Crippen LogP contribution >= 0.6 is 15.9 Å². The van der Waals surface area contributed by atoms with Gasteiger partial charge in [-0.3, -0.25) is 4.79 Å². The zero-order valence-electron chi connectivity index (χ0n) is 11.7. The monoisotopic (exact) mass is 344 g/mol. The minimum absolute atomic E-state index is 0.0109. The number of fused-ring (bicyclic) bond motifs is 1. The molecular formula is C17H17BrN2O. The molecule has 4 heteroatoms. The Morgan fingerprint density at radius 3 is 3.00 bits per heavy atom. The summed E-state index contributed by atoms with van der Waals surface area (Å²) in [7, 11) is 0. The van der Waals surface area contributed by atoms with Gasteiger partial charge < -0.3 is 10.6 Å². The predicted molar refractivity (Wildman–Crippen MR) is 89.7 cm³/mol. The second-order valence-electron chi connectivity index (χ2n) is 5.26. The third-order valence-corrected chi connectivity index (χ3v) is 4.07. The molecule has 0 saturated carbocycles. The molecule has 2 aromatic carbocycles. The van der Waals surface area contributed by atoms with Gasteiger partial charge in [0.05, 0.1) is 6.42 Å². The average Bonchev–Trinajstić information content (AvgIpc) is 2.47. The lowest BCUT2D eigenvalue weighted by Crippen LogP contribution is -2.16. The average molecular weight is 345 g/mol. The van der Waals surface area contributed by atoms with E-state index in [2.05, 4.69) is 32.6 Å². The Kier molecular flexibility index (Phi) is 4.25. The molecule has 1 aliphatic heterocycles. The molecule has 3 nitrogen and oxygen atoms in total. The summed E-state index contributed by atoms with van der Waals surface area (Å²) >= 11 is 3.42. The van der Waals surface area contributed by atoms with Crippen molar-refractivity contribution >= 4 is 33.2 Å². The summed E-state index contributed by atoms with van der Waals surface area (Å²) in [5.41, 5.74) is 4.34. The zero-order chi connectivity index (χ0) is 14.7. The van der Waals surface area contributed by atoms with Gasteiger partial charge in [-0.05, 0) is 54.3 Å². The number of rotatable bonds is 3. The standard InChI is InChI=1S/C17H17BrN2O/c18-14-5-1-3-12(9-14)10-17(21)20-15-6-7-16-13(11-15)4-2-8-19-16/h1,3,5-7,9,11,19H,2,4,8,10H2,(H,20,21). The van der Waals surface area contributed by atoms with E-state index in [0.717, 1.165) is 35.1 Å². The first-order chi connectivity index (χ1) is 10.2. The molecule has 0 radical (unpaired) electrons. The van der Waals surface area contributed by atoms with Crippen molar-refractivity contribution in [1.82, 2.24) is 0 Å². The number of halogens is 1. The zero-order valence-corrected chi connectivity index (χ0v) is 13.2. The number of nitrogens with one attached hydrogen (secondary N) is 2. The number of aryl methyl sites for hydroxylation is 1. The lowest BCUT2D eigenvalue weighted by Gasteiger charge is -2.18. The van der Waals surface area contributed by atoms with Crippen LogP contribution in [0.1, 0.15) is 17.5 Å². The molecule has 1 aliphatic rings. The fourth-order valence-corrected chi connectivity index (χ4v) is 3.04. The first-order valence-electron chi connectivity index (χ1n) is 7.12. The van der Waals surface area contributed by atoms with Gasteiger partial charge in [-0.25, -0.2) is 0 Å². The van der Waals surface area contributed by atoms with Crippen LogP contribution in [0.15, 0.2) is 46.9 Å². The molecule has 0 aliphatic carbocycles. The van der Waals surface area contributed by atoms with Crippen LogP contribution in [0.2, 0.25) is 0 Å². The van der Waals surface area contributed by atoms with Gasteiger partial charge in [0.15, 0.2) is 0 Å². The lowest BCUT2D eigenvalue weighted by atomic mass is 10.0. The van der Waals surface area contributed by atoms with Gasteiger partial charge in [0.2, 0.25) is 5.91 Å². The highest BCUT2D eigenvalue weighted by Gasteiger charge is 2.10. The van der Waals surface area contributed by atoms with E-state index in [1.54, 1.807) is 0 Å². The maximum atomic E-state index is 12.1. The Morgan fingerprint density at radius 2 is 2.14 bits per heavy atom. The largest absolute Gasteiger partial charge is 0.385 e. The van der Waals surface area contributed by atoms with E-state index in [9.17, 15) is 4.79 Å². The number of amides is 1. The maximum absolute atomic E-state index is 12.1. The summed E-state index contributed by atoms with van der Waals surface area (Å²) in [6.07, 6.45) is 2.59. The van der Waals surface area contributed by atoms with Gasteiger partial charge in [0.25, 0.3) is 0 Å². The second-order valence-corrected chi connectivity index (χ2v) is 6.17. The van der Waals surface area contributed by atoms with E-state index in [0.29, 0.717) is 6.42 Å². The van der Waals surface area contributed by atoms with Crippen LogP contribution < -0.4 is 10.6 Å². The number of hydrogen-bond donors (Lipinski definition) is 2. The molecular weight excluding hydrogens is 328 g/mol. The van der Waals surface area contributed by atoms with E-state index in [1.807, 2.05) is 36.4 Å². The topological polar surface area (TPSA) is 41.1 Å². The Labute approximate surface area is 132 Å². The molecule has 1 amide bonds. The molecule has 1 heterocycles. The second kappa shape index (κ2) is 6.31. The van der Waals surface area contributed by atoms with Gasteiger partial charge in [-0.15, -0.1) is 0 Å². The third kappa shape index (κ3) is 3.64. The van der Waals surface area contributed by atoms with Crippen LogP contribution in [-0.4, -0.2) is 12.5 Å². The fourth-order valence-electron chi connectivity index (χ4n) is 2.59. The Balaban J connectivity index is 1.67. The van der Waals surface area contributed by atoms with Crippen molar-refractivity contribution < 1.29 is 4.79 Å². The van der Waals surface area contributed by atoms with Crippen molar-refractivity contribution in [1.29, 1.82) is 0 Å². The van der Waals surface area contributed by atoms with E-state index in [4.69, 9.17) is 0 Å². The van der Waals surface area contributed by atoms with Crippen molar-refractivity contribution in [2.75, 3.05) is 17.2 Å². The van der Waals surface area contributed by atoms with E-state index in [1.165, 1.54) is 11.3 Å². The molecule has 21 heavy (non-hydrogen) atoms. The van der Waals surface area contributed by atoms with Gasteiger partial charge in [0.1, 0.15) is 0 Å². The van der Waals surface area contributed by atoms with Crippen molar-refractivity contribution in [2.45, 2.75) is 19.3 Å². The highest BCUT2D eigenvalue weighted by Crippen LogP contribution is 2.25. The van der Waals surface area contributed by atoms with Crippen molar-refractivity contribution in [3.8, 4) is 0 Å². The molecule has 2 aromatic rings. The minimum atomic E-state index is 0.0109. The van der Waals surface area contributed by atoms with E-state index < -0.39 is 0 Å². The molecule has 0 atom stereocenters. The summed E-state index contributed by atoms with van der Waals surface area (Å²) in [6, 6.07) is 13.9. The van der Waals surface area contributed by atoms with E-state index in [-0.39, 0.29) is 5.91 Å². The molecule has 2 N–H and O–H groups in total. The van der Waals surface area contributed by atoms with Crippen LogP contribution in [-0.2, 0) is 17.6 Å². The lowest BCUT2D eigenvalue weighted by molar-refractivity contribution is -0.115. The molecule has 0 fully saturated rings. The van der Waals surface area contributed by atoms with E-state index >= 15 is 0 Å². The normalized spacial score (nSPS) is 13.2. The predicted octanol–water partition coefficient (Wildman–Crippen LogP) is 3.99. The molecule has 0 aromatic heterocycles. The molecule has 0 bridgehead atoms. The van der Waals surface area contributed by atoms with Crippen LogP contribution in [0.5, 0.6) is 0 Å². The number of carbonyl (C=O) groups excluding carboxylic acids is 1. The summed E-state index contributed by atoms with van der Waals surface area (Å²) in [5.74, 6) is 0.0109. The summed E-state index contributed by atoms with van der Waals surface area (Å²) in [5, 5.41) is 6.35. The number of benzene rings is 2. The molecule has 108 valence electrons. The maximum Gasteiger partial charge on any atom is 0.228 e. The number of hydrogen-bond acceptors (Lipinski definition) is 2. The fraction of sp³-hybridized carbons (Fsp3) is 0.235. The SMILES string of the molecule is O=C(Cc1cccc(Br)c1)Nc1ccc2c(c1)CCCN2. The van der Waals surface area contributed by atoms with Crippen LogP contribution in [0.25, 0.3) is 0 Å². The van der Waals surface area contributed by atoms with Gasteiger partial charge in [-0.2, -0.15) is 0 Å². The van der Waals surface area contributed by atoms with Crippen LogP contribution in [0.3, 0.4) is 0 Å². The van der Waals surface area contributed by atoms with Gasteiger partial charge in [-0.1, -0.05) is 28.1 Å². The van der Waals surface area contributed by atoms with Crippen LogP contribution in [0.4, 0.5) is 11.4 Å². The highest BCUT2D eigenvalue weighted by molar-refractivity contribution is 9.10. The Bertz CT molecular complexity index is 670. The first kappa shape index (κ1) is 14.1. The number of carbonyl (C=O) groups is 1. The summed E-state index contributed by atoms with van der Waals surface area (Å²) < 4.78 is 0.993. The minimum Gasteiger partial charge on any atom is -0.385 e. The quantitative estimate of drug-likeness (QED) is 0.883. The molecule has 0 unspecified atom stereocenters. The molecule has 0 spiro atoms. The van der Waals surface area contributed by atoms with Crippen molar-refractivity contribution in [3.63, 3.8) is 0 Å². The third-order valence-electron chi connectivity index (χ3n) is 3.58. The first-order valence-corrected chi connectivity index (χ1v) is 7.91. The smallest absolute Gasteiger partial charge is 0.228 e. The van der Waals surface area contributed by atoms with Crippen LogP contribution in [0, 0.1) is 0 Å². The molecule has 3 rings (SSSR count). The van der Waals surface area contributed by atoms with Crippen molar-refractivity contribution in [2.24, 2.45) is 0 Å². The summed E-state index contributed by atoms with van der Waals surface area (Å²) in [4.78, 5) is 12.1. The Hall–Kier alpha value is -1.81. The van der Waals surface area contributed by atoms with Gasteiger partial charge in [0, 0.05) is 22.4 Å². The highest BCUT2D eigenvalue weighted by atomic mass is 79.9. The molecule has 0 saturated heterocycles. The van der Waals surface area contributed by atoms with Crippen molar-refractivity contribution in [3.05, 3.63) is 58.1 Å². The summed E-state index contributed by atoms with van der Waals surface area (Å²) in [6.45, 7) is 1.03. The van der Waals surface area contributed by atoms with Gasteiger partial charge >= 0.3 is 0 Å².